The second kappa shape index (κ2) is 9.41. The molecule has 2 aromatic carbocycles. The number of benzene rings is 2. The first-order valence-corrected chi connectivity index (χ1v) is 10.8. The minimum Gasteiger partial charge on any atom is -0.326 e. The number of hydrogen-bond donors (Lipinski definition) is 1. The van der Waals surface area contributed by atoms with Crippen LogP contribution in [0.25, 0.3) is 0 Å². The molecule has 5 heteroatoms. The van der Waals surface area contributed by atoms with Gasteiger partial charge in [0.25, 0.3) is 0 Å². The molecular formula is C25H26ClN3O. The van der Waals surface area contributed by atoms with E-state index in [0.29, 0.717) is 6.04 Å². The second-order valence-corrected chi connectivity index (χ2v) is 8.30. The van der Waals surface area contributed by atoms with Gasteiger partial charge in [-0.3, -0.25) is 14.7 Å². The predicted molar refractivity (Wildman–Crippen MR) is 122 cm³/mol. The lowest BCUT2D eigenvalue weighted by atomic mass is 10.1. The van der Waals surface area contributed by atoms with Gasteiger partial charge in [0.1, 0.15) is 0 Å². The Morgan fingerprint density at radius 1 is 1.07 bits per heavy atom. The van der Waals surface area contributed by atoms with E-state index in [1.54, 1.807) is 0 Å². The summed E-state index contributed by atoms with van der Waals surface area (Å²) in [6, 6.07) is 22.8. The minimum absolute atomic E-state index is 0.0492. The van der Waals surface area contributed by atoms with Crippen LogP contribution >= 0.6 is 11.6 Å². The average molecular weight is 420 g/mol. The number of rotatable bonds is 6. The van der Waals surface area contributed by atoms with Crippen LogP contribution in [0.3, 0.4) is 0 Å². The van der Waals surface area contributed by atoms with Gasteiger partial charge in [0.15, 0.2) is 0 Å². The minimum atomic E-state index is -0.0492. The number of anilines is 1. The van der Waals surface area contributed by atoms with Gasteiger partial charge in [-0.1, -0.05) is 41.9 Å². The van der Waals surface area contributed by atoms with Gasteiger partial charge in [-0.2, -0.15) is 0 Å². The third kappa shape index (κ3) is 5.26. The zero-order valence-electron chi connectivity index (χ0n) is 17.1. The fraction of sp³-hybridized carbons (Fsp3) is 0.280. The van der Waals surface area contributed by atoms with E-state index in [0.717, 1.165) is 48.0 Å². The number of pyridine rings is 1. The topological polar surface area (TPSA) is 45.2 Å². The van der Waals surface area contributed by atoms with E-state index in [1.807, 2.05) is 24.3 Å². The normalized spacial score (nSPS) is 16.5. The van der Waals surface area contributed by atoms with Crippen molar-refractivity contribution >= 4 is 23.2 Å². The first kappa shape index (κ1) is 20.6. The lowest BCUT2D eigenvalue weighted by Crippen LogP contribution is -2.23. The van der Waals surface area contributed by atoms with Crippen LogP contribution in [0.5, 0.6) is 0 Å². The molecule has 1 aromatic heterocycles. The number of halogens is 1. The van der Waals surface area contributed by atoms with Crippen molar-refractivity contribution in [2.75, 3.05) is 11.9 Å². The standard InChI is InChI=1S/C25H26ClN3O/c1-18(30)27-22-13-9-20(10-14-22)17-29-15-3-6-25(29)24-5-2-4-23(28-24)16-19-7-11-21(26)12-8-19/h2,4-5,7-14,25H,3,6,15-17H2,1H3,(H,27,30). The maximum absolute atomic E-state index is 11.2. The Balaban J connectivity index is 1.45. The van der Waals surface area contributed by atoms with Crippen molar-refractivity contribution in [2.45, 2.75) is 38.8 Å². The molecule has 3 aromatic rings. The Bertz CT molecular complexity index is 1000. The van der Waals surface area contributed by atoms with Crippen LogP contribution in [-0.4, -0.2) is 22.3 Å². The van der Waals surface area contributed by atoms with Gasteiger partial charge in [-0.25, -0.2) is 0 Å². The summed E-state index contributed by atoms with van der Waals surface area (Å²) in [5.74, 6) is -0.0492. The molecule has 30 heavy (non-hydrogen) atoms. The number of hydrogen-bond acceptors (Lipinski definition) is 3. The Labute approximate surface area is 182 Å². The van der Waals surface area contributed by atoms with Crippen molar-refractivity contribution in [3.8, 4) is 0 Å². The molecular weight excluding hydrogens is 394 g/mol. The number of nitrogens with zero attached hydrogens (tertiary/aromatic N) is 2. The van der Waals surface area contributed by atoms with Crippen LogP contribution in [-0.2, 0) is 17.8 Å². The highest BCUT2D eigenvalue weighted by molar-refractivity contribution is 6.30. The molecule has 1 unspecified atom stereocenters. The summed E-state index contributed by atoms with van der Waals surface area (Å²) in [6.45, 7) is 3.48. The van der Waals surface area contributed by atoms with E-state index < -0.39 is 0 Å². The van der Waals surface area contributed by atoms with E-state index in [2.05, 4.69) is 52.7 Å². The molecule has 4 nitrogen and oxygen atoms in total. The van der Waals surface area contributed by atoms with Crippen molar-refractivity contribution in [1.82, 2.24) is 9.88 Å². The highest BCUT2D eigenvalue weighted by Gasteiger charge is 2.27. The van der Waals surface area contributed by atoms with Crippen LogP contribution in [0.2, 0.25) is 5.02 Å². The maximum Gasteiger partial charge on any atom is 0.221 e. The Morgan fingerprint density at radius 2 is 1.80 bits per heavy atom. The molecule has 1 aliphatic rings. The fourth-order valence-corrected chi connectivity index (χ4v) is 4.20. The first-order valence-electron chi connectivity index (χ1n) is 10.4. The number of aromatic nitrogens is 1. The molecule has 1 aliphatic heterocycles. The summed E-state index contributed by atoms with van der Waals surface area (Å²) in [6.07, 6.45) is 3.11. The van der Waals surface area contributed by atoms with Crippen molar-refractivity contribution in [2.24, 2.45) is 0 Å². The monoisotopic (exact) mass is 419 g/mol. The quantitative estimate of drug-likeness (QED) is 0.563. The van der Waals surface area contributed by atoms with Crippen molar-refractivity contribution < 1.29 is 4.79 Å². The highest BCUT2D eigenvalue weighted by Crippen LogP contribution is 2.32. The van der Waals surface area contributed by atoms with Crippen LogP contribution in [0, 0.1) is 0 Å². The Kier molecular flexibility index (Phi) is 6.46. The number of carbonyl (C=O) groups excluding carboxylic acids is 1. The van der Waals surface area contributed by atoms with Crippen molar-refractivity contribution in [1.29, 1.82) is 0 Å². The van der Waals surface area contributed by atoms with E-state index in [9.17, 15) is 4.79 Å². The van der Waals surface area contributed by atoms with Crippen molar-refractivity contribution in [3.05, 3.63) is 94.3 Å². The molecule has 0 bridgehead atoms. The van der Waals surface area contributed by atoms with E-state index in [-0.39, 0.29) is 5.91 Å². The lowest BCUT2D eigenvalue weighted by Gasteiger charge is -2.24. The van der Waals surface area contributed by atoms with E-state index in [1.165, 1.54) is 24.5 Å². The van der Waals surface area contributed by atoms with Crippen LogP contribution in [0.15, 0.2) is 66.7 Å². The molecule has 154 valence electrons. The van der Waals surface area contributed by atoms with Gasteiger partial charge in [0.2, 0.25) is 5.91 Å². The van der Waals surface area contributed by atoms with Gasteiger partial charge < -0.3 is 5.32 Å². The summed E-state index contributed by atoms with van der Waals surface area (Å²) in [5, 5.41) is 3.58. The lowest BCUT2D eigenvalue weighted by molar-refractivity contribution is -0.114. The molecule has 1 fully saturated rings. The average Bonchev–Trinajstić information content (AvgIpc) is 3.19. The van der Waals surface area contributed by atoms with Crippen LogP contribution < -0.4 is 5.32 Å². The largest absolute Gasteiger partial charge is 0.326 e. The molecule has 0 aliphatic carbocycles. The molecule has 1 amide bonds. The van der Waals surface area contributed by atoms with Gasteiger partial charge >= 0.3 is 0 Å². The van der Waals surface area contributed by atoms with Crippen LogP contribution in [0.1, 0.15) is 48.3 Å². The Morgan fingerprint density at radius 3 is 2.53 bits per heavy atom. The van der Waals surface area contributed by atoms with Gasteiger partial charge in [-0.05, 0) is 66.9 Å². The first-order chi connectivity index (χ1) is 14.6. The summed E-state index contributed by atoms with van der Waals surface area (Å²) in [5.41, 5.74) is 5.52. The SMILES string of the molecule is CC(=O)Nc1ccc(CN2CCCC2c2cccc(Cc3ccc(Cl)cc3)n2)cc1. The van der Waals surface area contributed by atoms with E-state index in [4.69, 9.17) is 16.6 Å². The second-order valence-electron chi connectivity index (χ2n) is 7.86. The third-order valence-electron chi connectivity index (χ3n) is 5.49. The molecule has 1 N–H and O–H groups in total. The Hall–Kier alpha value is -2.69. The summed E-state index contributed by atoms with van der Waals surface area (Å²) in [4.78, 5) is 18.7. The van der Waals surface area contributed by atoms with Crippen LogP contribution in [0.4, 0.5) is 5.69 Å². The molecule has 0 spiro atoms. The number of amides is 1. The fourth-order valence-electron chi connectivity index (χ4n) is 4.08. The summed E-state index contributed by atoms with van der Waals surface area (Å²) >= 11 is 6.00. The number of nitrogens with one attached hydrogen (secondary N) is 1. The molecule has 0 radical (unpaired) electrons. The maximum atomic E-state index is 11.2. The zero-order chi connectivity index (χ0) is 20.9. The third-order valence-corrected chi connectivity index (χ3v) is 5.74. The van der Waals surface area contributed by atoms with Gasteiger partial charge in [-0.15, -0.1) is 0 Å². The summed E-state index contributed by atoms with van der Waals surface area (Å²) in [7, 11) is 0. The smallest absolute Gasteiger partial charge is 0.221 e. The zero-order valence-corrected chi connectivity index (χ0v) is 17.9. The van der Waals surface area contributed by atoms with Gasteiger partial charge in [0, 0.05) is 36.3 Å². The number of carbonyl (C=O) groups is 1. The van der Waals surface area contributed by atoms with Crippen molar-refractivity contribution in [3.63, 3.8) is 0 Å². The summed E-state index contributed by atoms with van der Waals surface area (Å²) < 4.78 is 0. The molecule has 0 saturated carbocycles. The van der Waals surface area contributed by atoms with Gasteiger partial charge in [0.05, 0.1) is 11.7 Å². The highest BCUT2D eigenvalue weighted by atomic mass is 35.5. The molecule has 1 saturated heterocycles. The molecule has 1 atom stereocenters. The number of likely N-dealkylation sites (tertiary alicyclic amines) is 1. The molecule has 2 heterocycles. The molecule has 4 rings (SSSR count). The predicted octanol–water partition coefficient (Wildman–Crippen LogP) is 5.62. The van der Waals surface area contributed by atoms with E-state index >= 15 is 0 Å².